The highest BCUT2D eigenvalue weighted by Crippen LogP contribution is 2.34. The summed E-state index contributed by atoms with van der Waals surface area (Å²) in [6, 6.07) is 8.99. The van der Waals surface area contributed by atoms with Gasteiger partial charge in [0.15, 0.2) is 5.75 Å². The summed E-state index contributed by atoms with van der Waals surface area (Å²) in [6.07, 6.45) is -0.193. The zero-order chi connectivity index (χ0) is 24.1. The molecule has 2 aromatic rings. The number of amides is 2. The molecule has 0 bridgehead atoms. The molecular weight excluding hydrogens is 446 g/mol. The molecule has 0 fully saturated rings. The van der Waals surface area contributed by atoms with E-state index in [1.54, 1.807) is 4.31 Å². The molecule has 2 aromatic carbocycles. The fourth-order valence-electron chi connectivity index (χ4n) is 3.46. The SMILES string of the molecule is CC(CNC(=O)[C@@H](N)CC(N)=O)CNc1ccc2c(c1)CN([S+]([O-])c1ccc(O)cc1O)C2. The molecule has 0 saturated heterocycles. The molecule has 1 heterocycles. The quantitative estimate of drug-likeness (QED) is 0.269. The van der Waals surface area contributed by atoms with Gasteiger partial charge in [-0.15, -0.1) is 4.31 Å². The van der Waals surface area contributed by atoms with Gasteiger partial charge in [0.2, 0.25) is 16.7 Å². The smallest absolute Gasteiger partial charge is 0.237 e. The van der Waals surface area contributed by atoms with Crippen molar-refractivity contribution in [3.8, 4) is 11.5 Å². The Morgan fingerprint density at radius 3 is 2.58 bits per heavy atom. The fraction of sp³-hybridized carbons (Fsp3) is 0.364. The number of anilines is 1. The van der Waals surface area contributed by atoms with Gasteiger partial charge >= 0.3 is 0 Å². The van der Waals surface area contributed by atoms with Gasteiger partial charge in [0, 0.05) is 30.9 Å². The van der Waals surface area contributed by atoms with Gasteiger partial charge < -0.3 is 36.9 Å². The molecule has 1 aliphatic heterocycles. The highest BCUT2D eigenvalue weighted by molar-refractivity contribution is 7.89. The van der Waals surface area contributed by atoms with Crippen LogP contribution in [0.4, 0.5) is 5.69 Å². The van der Waals surface area contributed by atoms with E-state index in [-0.39, 0.29) is 28.7 Å². The van der Waals surface area contributed by atoms with Gasteiger partial charge in [0.1, 0.15) is 5.75 Å². The number of primary amides is 1. The average Bonchev–Trinajstić information content (AvgIpc) is 3.18. The normalized spacial score (nSPS) is 16.0. The second-order valence-corrected chi connectivity index (χ2v) is 9.65. The molecule has 3 atom stereocenters. The lowest BCUT2D eigenvalue weighted by Gasteiger charge is -2.19. The molecule has 11 heteroatoms. The van der Waals surface area contributed by atoms with E-state index in [1.165, 1.54) is 18.2 Å². The highest BCUT2D eigenvalue weighted by Gasteiger charge is 2.32. The third-order valence-corrected chi connectivity index (χ3v) is 6.75. The lowest BCUT2D eigenvalue weighted by Crippen LogP contribution is -2.44. The number of nitrogens with one attached hydrogen (secondary N) is 2. The highest BCUT2D eigenvalue weighted by atomic mass is 32.2. The van der Waals surface area contributed by atoms with Crippen LogP contribution in [0.2, 0.25) is 0 Å². The number of carbonyl (C=O) groups excluding carboxylic acids is 2. The Kier molecular flexibility index (Phi) is 8.03. The van der Waals surface area contributed by atoms with E-state index in [2.05, 4.69) is 10.6 Å². The number of phenols is 2. The first-order chi connectivity index (χ1) is 15.6. The van der Waals surface area contributed by atoms with Crippen LogP contribution >= 0.6 is 0 Å². The van der Waals surface area contributed by atoms with Crippen molar-refractivity contribution in [1.82, 2.24) is 9.62 Å². The van der Waals surface area contributed by atoms with E-state index >= 15 is 0 Å². The van der Waals surface area contributed by atoms with Crippen molar-refractivity contribution in [3.63, 3.8) is 0 Å². The maximum absolute atomic E-state index is 12.9. The predicted octanol–water partition coefficient (Wildman–Crippen LogP) is 0.503. The van der Waals surface area contributed by atoms with Gasteiger partial charge in [0.25, 0.3) is 0 Å². The van der Waals surface area contributed by atoms with Crippen LogP contribution in [0.15, 0.2) is 41.3 Å². The Morgan fingerprint density at radius 1 is 1.15 bits per heavy atom. The second-order valence-electron chi connectivity index (χ2n) is 8.19. The summed E-state index contributed by atoms with van der Waals surface area (Å²) >= 11 is -1.57. The van der Waals surface area contributed by atoms with Crippen molar-refractivity contribution in [1.29, 1.82) is 0 Å². The first kappa shape index (κ1) is 24.6. The van der Waals surface area contributed by atoms with Crippen molar-refractivity contribution in [2.24, 2.45) is 17.4 Å². The topological polar surface area (TPSA) is 177 Å². The minimum atomic E-state index is -1.57. The van der Waals surface area contributed by atoms with E-state index in [1.807, 2.05) is 25.1 Å². The first-order valence-corrected chi connectivity index (χ1v) is 11.6. The van der Waals surface area contributed by atoms with Crippen LogP contribution in [0.1, 0.15) is 24.5 Å². The Hall–Kier alpha value is -2.99. The molecule has 0 radical (unpaired) electrons. The Morgan fingerprint density at radius 2 is 1.88 bits per heavy atom. The number of aromatic hydroxyl groups is 2. The number of hydrogen-bond acceptors (Lipinski definition) is 8. The predicted molar refractivity (Wildman–Crippen MR) is 124 cm³/mol. The zero-order valence-electron chi connectivity index (χ0n) is 18.3. The first-order valence-electron chi connectivity index (χ1n) is 10.5. The van der Waals surface area contributed by atoms with Crippen LogP contribution in [0.25, 0.3) is 0 Å². The van der Waals surface area contributed by atoms with E-state index in [9.17, 15) is 24.4 Å². The van der Waals surface area contributed by atoms with E-state index in [0.717, 1.165) is 16.8 Å². The van der Waals surface area contributed by atoms with Crippen LogP contribution < -0.4 is 22.1 Å². The standard InChI is InChI=1S/C22H29N5O5S/c1-13(10-26-22(31)18(23)8-21(24)30)9-25-16-3-2-14-11-27(12-15(14)6-16)33(32)20-5-4-17(28)7-19(20)29/h2-7,13,18,25,28-29H,8-12,23H2,1H3,(H2,24,30)(H,26,31)/t13?,18-,33?/m0/s1. The van der Waals surface area contributed by atoms with Crippen molar-refractivity contribution >= 4 is 28.9 Å². The van der Waals surface area contributed by atoms with Gasteiger partial charge in [-0.1, -0.05) is 13.0 Å². The number of nitrogens with zero attached hydrogens (tertiary/aromatic N) is 1. The molecule has 0 spiro atoms. The Balaban J connectivity index is 1.51. The number of fused-ring (bicyclic) bond motifs is 1. The summed E-state index contributed by atoms with van der Waals surface area (Å²) in [7, 11) is 0. The molecular formula is C22H29N5O5S. The van der Waals surface area contributed by atoms with Gasteiger partial charge in [-0.25, -0.2) is 0 Å². The summed E-state index contributed by atoms with van der Waals surface area (Å²) in [5, 5.41) is 25.5. The minimum absolute atomic E-state index is 0.0871. The molecule has 10 nitrogen and oxygen atoms in total. The second kappa shape index (κ2) is 10.8. The fourth-order valence-corrected chi connectivity index (χ4v) is 4.68. The summed E-state index contributed by atoms with van der Waals surface area (Å²) in [5.74, 6) is -1.22. The molecule has 0 saturated carbocycles. The Labute approximate surface area is 195 Å². The van der Waals surface area contributed by atoms with Gasteiger partial charge in [0.05, 0.1) is 36.9 Å². The van der Waals surface area contributed by atoms with Gasteiger partial charge in [-0.05, 0) is 35.2 Å². The molecule has 33 heavy (non-hydrogen) atoms. The summed E-state index contributed by atoms with van der Waals surface area (Å²) in [6.45, 7) is 3.90. The number of carbonyl (C=O) groups is 2. The molecule has 8 N–H and O–H groups in total. The summed E-state index contributed by atoms with van der Waals surface area (Å²) in [4.78, 5) is 23.0. The van der Waals surface area contributed by atoms with Crippen molar-refractivity contribution < 1.29 is 24.4 Å². The number of nitrogens with two attached hydrogens (primary N) is 2. The third kappa shape index (κ3) is 6.51. The number of rotatable bonds is 10. The van der Waals surface area contributed by atoms with Crippen LogP contribution in [-0.2, 0) is 34.0 Å². The van der Waals surface area contributed by atoms with Crippen LogP contribution in [0.5, 0.6) is 11.5 Å². The maximum atomic E-state index is 12.9. The zero-order valence-corrected chi connectivity index (χ0v) is 19.1. The molecule has 0 aromatic heterocycles. The van der Waals surface area contributed by atoms with Crippen molar-refractivity contribution in [2.45, 2.75) is 37.4 Å². The van der Waals surface area contributed by atoms with E-state index in [0.29, 0.717) is 26.2 Å². The number of benzene rings is 2. The average molecular weight is 476 g/mol. The molecule has 2 amide bonds. The van der Waals surface area contributed by atoms with Crippen LogP contribution in [0.3, 0.4) is 0 Å². The molecule has 0 aliphatic carbocycles. The number of phenolic OH excluding ortho intramolecular Hbond substituents is 2. The summed E-state index contributed by atoms with van der Waals surface area (Å²) < 4.78 is 14.6. The van der Waals surface area contributed by atoms with E-state index < -0.39 is 29.2 Å². The number of hydrogen-bond donors (Lipinski definition) is 6. The minimum Gasteiger partial charge on any atom is -0.593 e. The van der Waals surface area contributed by atoms with E-state index in [4.69, 9.17) is 11.5 Å². The molecule has 3 rings (SSSR count). The van der Waals surface area contributed by atoms with Gasteiger partial charge in [-0.2, -0.15) is 0 Å². The molecule has 1 aliphatic rings. The monoisotopic (exact) mass is 475 g/mol. The lowest BCUT2D eigenvalue weighted by molar-refractivity contribution is -0.126. The molecule has 2 unspecified atom stereocenters. The third-order valence-electron chi connectivity index (χ3n) is 5.30. The maximum Gasteiger partial charge on any atom is 0.237 e. The van der Waals surface area contributed by atoms with Crippen molar-refractivity contribution in [2.75, 3.05) is 18.4 Å². The lowest BCUT2D eigenvalue weighted by atomic mass is 10.1. The van der Waals surface area contributed by atoms with Crippen molar-refractivity contribution in [3.05, 3.63) is 47.5 Å². The summed E-state index contributed by atoms with van der Waals surface area (Å²) in [5.41, 5.74) is 13.7. The largest absolute Gasteiger partial charge is 0.593 e. The van der Waals surface area contributed by atoms with Crippen LogP contribution in [-0.4, -0.2) is 50.0 Å². The van der Waals surface area contributed by atoms with Gasteiger partial charge in [-0.3, -0.25) is 9.59 Å². The molecule has 178 valence electrons. The Bertz CT molecular complexity index is 1020. The van der Waals surface area contributed by atoms with Crippen LogP contribution in [0, 0.1) is 5.92 Å².